The number of Topliss-reactive ketones (excluding diaryl/α,β-unsaturated/α-hetero) is 1. The molecule has 140 valence electrons. The second-order valence-corrected chi connectivity index (χ2v) is 7.14. The van der Waals surface area contributed by atoms with Gasteiger partial charge in [-0.1, -0.05) is 17.7 Å². The van der Waals surface area contributed by atoms with Crippen molar-refractivity contribution in [3.05, 3.63) is 59.8 Å². The van der Waals surface area contributed by atoms with Crippen LogP contribution in [0.1, 0.15) is 15.9 Å². The van der Waals surface area contributed by atoms with Crippen molar-refractivity contribution in [1.82, 2.24) is 9.88 Å². The molecule has 1 aliphatic heterocycles. The third kappa shape index (κ3) is 3.69. The number of aromatic nitrogens is 1. The van der Waals surface area contributed by atoms with Crippen LogP contribution in [0.15, 0.2) is 48.7 Å². The molecule has 4 rings (SSSR count). The van der Waals surface area contributed by atoms with E-state index in [4.69, 9.17) is 4.74 Å². The van der Waals surface area contributed by atoms with Crippen LogP contribution in [0.4, 0.5) is 5.69 Å². The number of carbonyl (C=O) groups is 1. The van der Waals surface area contributed by atoms with Crippen LogP contribution in [0.25, 0.3) is 10.9 Å². The summed E-state index contributed by atoms with van der Waals surface area (Å²) in [7, 11) is 1.69. The minimum Gasteiger partial charge on any atom is -0.497 e. The Labute approximate surface area is 159 Å². The standard InChI is InChI=1S/C22H25N3O2/c1-16-6-7-21-19(12-16)20(14-23-21)22(26)15-24-8-10-25(11-9-24)17-4-3-5-18(13-17)27-2/h3-7,12-14,23H,8-11,15H2,1-2H3. The first-order valence-corrected chi connectivity index (χ1v) is 9.36. The lowest BCUT2D eigenvalue weighted by Gasteiger charge is -2.35. The number of piperazine rings is 1. The lowest BCUT2D eigenvalue weighted by Crippen LogP contribution is -2.48. The number of hydrogen-bond donors (Lipinski definition) is 1. The maximum Gasteiger partial charge on any atom is 0.178 e. The molecule has 1 saturated heterocycles. The fraction of sp³-hybridized carbons (Fsp3) is 0.318. The summed E-state index contributed by atoms with van der Waals surface area (Å²) < 4.78 is 5.32. The Bertz CT molecular complexity index is 955. The molecule has 0 spiro atoms. The largest absolute Gasteiger partial charge is 0.497 e. The van der Waals surface area contributed by atoms with E-state index in [0.717, 1.165) is 48.4 Å². The van der Waals surface area contributed by atoms with Crippen LogP contribution in [-0.2, 0) is 0 Å². The van der Waals surface area contributed by atoms with E-state index in [1.54, 1.807) is 7.11 Å². The number of ketones is 1. The summed E-state index contributed by atoms with van der Waals surface area (Å²) in [6, 6.07) is 14.3. The predicted octanol–water partition coefficient (Wildman–Crippen LogP) is 3.49. The summed E-state index contributed by atoms with van der Waals surface area (Å²) in [4.78, 5) is 20.6. The van der Waals surface area contributed by atoms with Gasteiger partial charge in [-0.3, -0.25) is 9.69 Å². The average Bonchev–Trinajstić information content (AvgIpc) is 3.11. The molecule has 1 aliphatic rings. The van der Waals surface area contributed by atoms with Gasteiger partial charge in [-0.15, -0.1) is 0 Å². The zero-order chi connectivity index (χ0) is 18.8. The number of anilines is 1. The minimum absolute atomic E-state index is 0.182. The molecule has 0 bridgehead atoms. The summed E-state index contributed by atoms with van der Waals surface area (Å²) in [5.74, 6) is 1.06. The van der Waals surface area contributed by atoms with E-state index < -0.39 is 0 Å². The summed E-state index contributed by atoms with van der Waals surface area (Å²) >= 11 is 0. The topological polar surface area (TPSA) is 48.6 Å². The van der Waals surface area contributed by atoms with Crippen molar-refractivity contribution < 1.29 is 9.53 Å². The normalized spacial score (nSPS) is 15.3. The molecule has 5 heteroatoms. The van der Waals surface area contributed by atoms with Gasteiger partial charge in [-0.25, -0.2) is 0 Å². The highest BCUT2D eigenvalue weighted by Gasteiger charge is 2.21. The highest BCUT2D eigenvalue weighted by atomic mass is 16.5. The van der Waals surface area contributed by atoms with Crippen molar-refractivity contribution >= 4 is 22.4 Å². The summed E-state index contributed by atoms with van der Waals surface area (Å²) in [6.07, 6.45) is 1.85. The van der Waals surface area contributed by atoms with Crippen molar-refractivity contribution in [2.75, 3.05) is 44.7 Å². The Morgan fingerprint density at radius 3 is 2.70 bits per heavy atom. The number of nitrogens with zero attached hydrogens (tertiary/aromatic N) is 2. The summed E-state index contributed by atoms with van der Waals surface area (Å²) in [5.41, 5.74) is 4.16. The quantitative estimate of drug-likeness (QED) is 0.705. The maximum atomic E-state index is 12.8. The number of benzene rings is 2. The van der Waals surface area contributed by atoms with Gasteiger partial charge in [0.15, 0.2) is 5.78 Å². The molecule has 0 saturated carbocycles. The van der Waals surface area contributed by atoms with Crippen LogP contribution in [0.2, 0.25) is 0 Å². The van der Waals surface area contributed by atoms with E-state index >= 15 is 0 Å². The van der Waals surface area contributed by atoms with Gasteiger partial charge in [-0.05, 0) is 31.2 Å². The molecule has 0 unspecified atom stereocenters. The van der Waals surface area contributed by atoms with Crippen LogP contribution in [-0.4, -0.2) is 55.5 Å². The van der Waals surface area contributed by atoms with Gasteiger partial charge in [0.1, 0.15) is 5.75 Å². The van der Waals surface area contributed by atoms with Crippen molar-refractivity contribution in [3.63, 3.8) is 0 Å². The second kappa shape index (κ2) is 7.45. The van der Waals surface area contributed by atoms with E-state index in [1.807, 2.05) is 24.4 Å². The molecule has 2 heterocycles. The van der Waals surface area contributed by atoms with Crippen molar-refractivity contribution in [2.24, 2.45) is 0 Å². The average molecular weight is 363 g/mol. The van der Waals surface area contributed by atoms with Crippen molar-refractivity contribution in [1.29, 1.82) is 0 Å². The number of hydrogen-bond acceptors (Lipinski definition) is 4. The Balaban J connectivity index is 1.40. The fourth-order valence-corrected chi connectivity index (χ4v) is 3.72. The predicted molar refractivity (Wildman–Crippen MR) is 109 cm³/mol. The van der Waals surface area contributed by atoms with E-state index in [9.17, 15) is 4.79 Å². The number of nitrogens with one attached hydrogen (secondary N) is 1. The fourth-order valence-electron chi connectivity index (χ4n) is 3.72. The zero-order valence-electron chi connectivity index (χ0n) is 15.9. The zero-order valence-corrected chi connectivity index (χ0v) is 15.9. The number of aryl methyl sites for hydroxylation is 1. The van der Waals surface area contributed by atoms with Crippen molar-refractivity contribution in [3.8, 4) is 5.75 Å². The first kappa shape index (κ1) is 17.6. The third-order valence-corrected chi connectivity index (χ3v) is 5.30. The summed E-state index contributed by atoms with van der Waals surface area (Å²) in [5, 5.41) is 1.02. The van der Waals surface area contributed by atoms with Gasteiger partial charge in [0.2, 0.25) is 0 Å². The monoisotopic (exact) mass is 363 g/mol. The van der Waals surface area contributed by atoms with Gasteiger partial charge < -0.3 is 14.6 Å². The Kier molecular flexibility index (Phi) is 4.86. The summed E-state index contributed by atoms with van der Waals surface area (Å²) in [6.45, 7) is 6.10. The highest BCUT2D eigenvalue weighted by molar-refractivity contribution is 6.08. The number of rotatable bonds is 5. The first-order valence-electron chi connectivity index (χ1n) is 9.36. The SMILES string of the molecule is COc1cccc(N2CCN(CC(=O)c3c[nH]c4ccc(C)cc34)CC2)c1. The van der Waals surface area contributed by atoms with E-state index in [-0.39, 0.29) is 5.78 Å². The molecule has 5 nitrogen and oxygen atoms in total. The number of H-pyrrole nitrogens is 1. The van der Waals surface area contributed by atoms with Crippen LogP contribution in [0, 0.1) is 6.92 Å². The van der Waals surface area contributed by atoms with Gasteiger partial charge in [0.25, 0.3) is 0 Å². The molecule has 2 aromatic carbocycles. The molecule has 1 fully saturated rings. The molecule has 0 aliphatic carbocycles. The molecule has 3 aromatic rings. The first-order chi connectivity index (χ1) is 13.1. The van der Waals surface area contributed by atoms with Gasteiger partial charge in [0, 0.05) is 60.6 Å². The molecule has 1 N–H and O–H groups in total. The lowest BCUT2D eigenvalue weighted by molar-refractivity contribution is 0.0928. The number of carbonyl (C=O) groups excluding carboxylic acids is 1. The minimum atomic E-state index is 0.182. The third-order valence-electron chi connectivity index (χ3n) is 5.30. The van der Waals surface area contributed by atoms with Crippen LogP contribution >= 0.6 is 0 Å². The molecule has 1 aromatic heterocycles. The number of fused-ring (bicyclic) bond motifs is 1. The second-order valence-electron chi connectivity index (χ2n) is 7.14. The van der Waals surface area contributed by atoms with E-state index in [2.05, 4.69) is 46.0 Å². The lowest BCUT2D eigenvalue weighted by atomic mass is 10.1. The molecular weight excluding hydrogens is 338 g/mol. The van der Waals surface area contributed by atoms with E-state index in [1.165, 1.54) is 11.3 Å². The molecule has 27 heavy (non-hydrogen) atoms. The van der Waals surface area contributed by atoms with E-state index in [0.29, 0.717) is 6.54 Å². The van der Waals surface area contributed by atoms with Gasteiger partial charge in [-0.2, -0.15) is 0 Å². The Morgan fingerprint density at radius 2 is 1.93 bits per heavy atom. The Hall–Kier alpha value is -2.79. The van der Waals surface area contributed by atoms with Gasteiger partial charge >= 0.3 is 0 Å². The van der Waals surface area contributed by atoms with Crippen LogP contribution < -0.4 is 9.64 Å². The maximum absolute atomic E-state index is 12.8. The Morgan fingerprint density at radius 1 is 1.11 bits per heavy atom. The molecule has 0 radical (unpaired) electrons. The number of ether oxygens (including phenoxy) is 1. The number of methoxy groups -OCH3 is 1. The van der Waals surface area contributed by atoms with Crippen molar-refractivity contribution in [2.45, 2.75) is 6.92 Å². The highest BCUT2D eigenvalue weighted by Crippen LogP contribution is 2.23. The molecule has 0 amide bonds. The van der Waals surface area contributed by atoms with Crippen LogP contribution in [0.5, 0.6) is 5.75 Å². The molecular formula is C22H25N3O2. The number of aromatic amines is 1. The van der Waals surface area contributed by atoms with Crippen LogP contribution in [0.3, 0.4) is 0 Å². The smallest absolute Gasteiger partial charge is 0.178 e. The molecule has 0 atom stereocenters. The van der Waals surface area contributed by atoms with Gasteiger partial charge in [0.05, 0.1) is 13.7 Å².